The summed E-state index contributed by atoms with van der Waals surface area (Å²) < 4.78 is 24.6. The molecule has 0 aromatic rings. The lowest BCUT2D eigenvalue weighted by molar-refractivity contribution is 0.194. The summed E-state index contributed by atoms with van der Waals surface area (Å²) in [5.41, 5.74) is -0.0247. The second kappa shape index (κ2) is 3.96. The van der Waals surface area contributed by atoms with E-state index in [-0.39, 0.29) is 11.5 Å². The summed E-state index contributed by atoms with van der Waals surface area (Å²) in [6.45, 7) is 10.2. The van der Waals surface area contributed by atoms with Crippen molar-refractivity contribution >= 4 is 10.0 Å². The molecule has 0 bridgehead atoms. The molecule has 0 saturated carbocycles. The van der Waals surface area contributed by atoms with Gasteiger partial charge in [0, 0.05) is 6.04 Å². The van der Waals surface area contributed by atoms with E-state index < -0.39 is 10.0 Å². The molecule has 1 atom stereocenters. The summed E-state index contributed by atoms with van der Waals surface area (Å²) in [6.07, 6.45) is 1.19. The molecule has 3 nitrogen and oxygen atoms in total. The van der Waals surface area contributed by atoms with Gasteiger partial charge in [-0.15, -0.1) is 0 Å². The first-order chi connectivity index (χ1) is 5.57. The van der Waals surface area contributed by atoms with Crippen molar-refractivity contribution in [1.29, 1.82) is 0 Å². The molecule has 0 fully saturated rings. The fourth-order valence-electron chi connectivity index (χ4n) is 0.973. The van der Waals surface area contributed by atoms with Gasteiger partial charge in [-0.3, -0.25) is 0 Å². The van der Waals surface area contributed by atoms with E-state index in [9.17, 15) is 8.42 Å². The molecule has 0 saturated heterocycles. The maximum Gasteiger partial charge on any atom is 0.208 e. The molecule has 0 radical (unpaired) electrons. The first kappa shape index (κ1) is 12.9. The first-order valence-electron chi connectivity index (χ1n) is 4.54. The zero-order valence-electron chi connectivity index (χ0n) is 9.38. The molecule has 0 aliphatic heterocycles. The second-order valence-corrected chi connectivity index (χ2v) is 6.37. The SMILES string of the molecule is CC(C)C(C)(C)C(C)NS(C)(=O)=O. The van der Waals surface area contributed by atoms with Crippen LogP contribution in [0.3, 0.4) is 0 Å². The van der Waals surface area contributed by atoms with Crippen LogP contribution in [0.4, 0.5) is 0 Å². The molecule has 0 aromatic carbocycles. The van der Waals surface area contributed by atoms with Gasteiger partial charge in [-0.1, -0.05) is 27.7 Å². The zero-order chi connectivity index (χ0) is 10.9. The van der Waals surface area contributed by atoms with Gasteiger partial charge in [-0.25, -0.2) is 13.1 Å². The van der Waals surface area contributed by atoms with E-state index in [4.69, 9.17) is 0 Å². The lowest BCUT2D eigenvalue weighted by Crippen LogP contribution is -2.44. The number of rotatable bonds is 4. The van der Waals surface area contributed by atoms with Gasteiger partial charge < -0.3 is 0 Å². The van der Waals surface area contributed by atoms with Crippen molar-refractivity contribution in [3.63, 3.8) is 0 Å². The van der Waals surface area contributed by atoms with E-state index in [2.05, 4.69) is 32.4 Å². The highest BCUT2D eigenvalue weighted by atomic mass is 32.2. The van der Waals surface area contributed by atoms with Crippen LogP contribution in [0.5, 0.6) is 0 Å². The summed E-state index contributed by atoms with van der Waals surface area (Å²) in [4.78, 5) is 0. The van der Waals surface area contributed by atoms with Crippen LogP contribution in [-0.2, 0) is 10.0 Å². The highest BCUT2D eigenvalue weighted by Crippen LogP contribution is 2.30. The molecule has 0 aromatic heterocycles. The molecule has 80 valence electrons. The van der Waals surface area contributed by atoms with Crippen LogP contribution in [0, 0.1) is 11.3 Å². The van der Waals surface area contributed by atoms with Gasteiger partial charge in [0.2, 0.25) is 10.0 Å². The lowest BCUT2D eigenvalue weighted by Gasteiger charge is -2.35. The molecule has 13 heavy (non-hydrogen) atoms. The summed E-state index contributed by atoms with van der Waals surface area (Å²) in [5.74, 6) is 0.441. The largest absolute Gasteiger partial charge is 0.213 e. The second-order valence-electron chi connectivity index (χ2n) is 4.59. The van der Waals surface area contributed by atoms with Crippen LogP contribution in [0.15, 0.2) is 0 Å². The number of nitrogens with one attached hydrogen (secondary N) is 1. The number of hydrogen-bond acceptors (Lipinski definition) is 2. The molecule has 1 unspecified atom stereocenters. The Kier molecular flexibility index (Phi) is 3.94. The van der Waals surface area contributed by atoms with Gasteiger partial charge in [0.1, 0.15) is 0 Å². The predicted octanol–water partition coefficient (Wildman–Crippen LogP) is 1.61. The molecule has 1 N–H and O–H groups in total. The third kappa shape index (κ3) is 4.09. The van der Waals surface area contributed by atoms with Gasteiger partial charge >= 0.3 is 0 Å². The van der Waals surface area contributed by atoms with E-state index >= 15 is 0 Å². The quantitative estimate of drug-likeness (QED) is 0.761. The van der Waals surface area contributed by atoms with Crippen molar-refractivity contribution in [1.82, 2.24) is 4.72 Å². The minimum atomic E-state index is -3.09. The molecular weight excluding hydrogens is 186 g/mol. The Morgan fingerprint density at radius 3 is 1.77 bits per heavy atom. The molecule has 0 aliphatic carbocycles. The van der Waals surface area contributed by atoms with Crippen LogP contribution in [0.1, 0.15) is 34.6 Å². The Morgan fingerprint density at radius 1 is 1.15 bits per heavy atom. The third-order valence-electron chi connectivity index (χ3n) is 2.99. The lowest BCUT2D eigenvalue weighted by atomic mass is 9.76. The Balaban J connectivity index is 4.52. The van der Waals surface area contributed by atoms with Crippen molar-refractivity contribution in [2.45, 2.75) is 40.7 Å². The van der Waals surface area contributed by atoms with Crippen molar-refractivity contribution in [2.75, 3.05) is 6.26 Å². The van der Waals surface area contributed by atoms with Gasteiger partial charge in [0.25, 0.3) is 0 Å². The van der Waals surface area contributed by atoms with E-state index in [0.29, 0.717) is 5.92 Å². The van der Waals surface area contributed by atoms with Crippen LogP contribution in [0.25, 0.3) is 0 Å². The van der Waals surface area contributed by atoms with Gasteiger partial charge in [-0.2, -0.15) is 0 Å². The molecule has 0 aliphatic rings. The van der Waals surface area contributed by atoms with Crippen LogP contribution in [-0.4, -0.2) is 20.7 Å². The predicted molar refractivity (Wildman–Crippen MR) is 56.1 cm³/mol. The molecule has 4 heteroatoms. The van der Waals surface area contributed by atoms with Crippen molar-refractivity contribution in [2.24, 2.45) is 11.3 Å². The average molecular weight is 207 g/mol. The molecule has 0 amide bonds. The normalized spacial score (nSPS) is 16.2. The van der Waals surface area contributed by atoms with Crippen molar-refractivity contribution in [3.8, 4) is 0 Å². The smallest absolute Gasteiger partial charge is 0.208 e. The third-order valence-corrected chi connectivity index (χ3v) is 3.78. The van der Waals surface area contributed by atoms with Gasteiger partial charge in [0.15, 0.2) is 0 Å². The van der Waals surface area contributed by atoms with Crippen LogP contribution in [0.2, 0.25) is 0 Å². The fourth-order valence-corrected chi connectivity index (χ4v) is 1.92. The highest BCUT2D eigenvalue weighted by molar-refractivity contribution is 7.88. The Bertz CT molecular complexity index is 255. The monoisotopic (exact) mass is 207 g/mol. The topological polar surface area (TPSA) is 46.2 Å². The zero-order valence-corrected chi connectivity index (χ0v) is 10.2. The minimum absolute atomic E-state index is 0.0247. The van der Waals surface area contributed by atoms with Crippen LogP contribution < -0.4 is 4.72 Å². The molecular formula is C9H21NO2S. The Hall–Kier alpha value is -0.0900. The molecule has 0 heterocycles. The summed E-state index contributed by atoms with van der Waals surface area (Å²) >= 11 is 0. The van der Waals surface area contributed by atoms with Gasteiger partial charge in [0.05, 0.1) is 6.26 Å². The van der Waals surface area contributed by atoms with Crippen molar-refractivity contribution < 1.29 is 8.42 Å². The molecule has 0 rings (SSSR count). The van der Waals surface area contributed by atoms with E-state index in [0.717, 1.165) is 0 Å². The van der Waals surface area contributed by atoms with E-state index in [1.165, 1.54) is 6.26 Å². The van der Waals surface area contributed by atoms with E-state index in [1.807, 2.05) is 6.92 Å². The first-order valence-corrected chi connectivity index (χ1v) is 6.44. The maximum atomic E-state index is 11.0. The highest BCUT2D eigenvalue weighted by Gasteiger charge is 2.30. The molecule has 0 spiro atoms. The summed E-state index contributed by atoms with van der Waals surface area (Å²) in [7, 11) is -3.09. The fraction of sp³-hybridized carbons (Fsp3) is 1.00. The number of hydrogen-bond donors (Lipinski definition) is 1. The van der Waals surface area contributed by atoms with Gasteiger partial charge in [-0.05, 0) is 18.3 Å². The van der Waals surface area contributed by atoms with Crippen LogP contribution >= 0.6 is 0 Å². The Morgan fingerprint density at radius 2 is 1.54 bits per heavy atom. The summed E-state index contributed by atoms with van der Waals surface area (Å²) in [6, 6.07) is -0.0394. The van der Waals surface area contributed by atoms with Crippen molar-refractivity contribution in [3.05, 3.63) is 0 Å². The van der Waals surface area contributed by atoms with E-state index in [1.54, 1.807) is 0 Å². The minimum Gasteiger partial charge on any atom is -0.213 e. The maximum absolute atomic E-state index is 11.0. The number of sulfonamides is 1. The summed E-state index contributed by atoms with van der Waals surface area (Å²) in [5, 5.41) is 0. The standard InChI is InChI=1S/C9H21NO2S/c1-7(2)9(4,5)8(3)10-13(6,11)12/h7-8,10H,1-6H3. The Labute approximate surface area is 82.0 Å². The average Bonchev–Trinajstić information content (AvgIpc) is 1.82.